The molecule has 2 aliphatic heterocycles. The Morgan fingerprint density at radius 1 is 0.800 bits per heavy atom. The second kappa shape index (κ2) is 15.7. The van der Waals surface area contributed by atoms with Crippen molar-refractivity contribution in [3.05, 3.63) is 0 Å². The quantitative estimate of drug-likeness (QED) is 0.347. The second-order valence-electron chi connectivity index (χ2n) is 9.22. The number of methoxy groups -OCH3 is 2. The van der Waals surface area contributed by atoms with Gasteiger partial charge in [-0.15, -0.1) is 0 Å². The summed E-state index contributed by atoms with van der Waals surface area (Å²) < 4.78 is 58.9. The Morgan fingerprint density at radius 2 is 1.20 bits per heavy atom. The van der Waals surface area contributed by atoms with Crippen molar-refractivity contribution in [1.82, 2.24) is 0 Å². The normalized spacial score (nSPS) is 35.6. The van der Waals surface area contributed by atoms with E-state index in [1.807, 2.05) is 13.8 Å². The molecule has 212 valence electrons. The van der Waals surface area contributed by atoms with Gasteiger partial charge in [-0.1, -0.05) is 35.1 Å². The number of rotatable bonds is 10. The zero-order valence-electron chi connectivity index (χ0n) is 20.9. The molecule has 2 rings (SSSR count). The largest absolute Gasteiger partial charge is 0.416 e. The molecule has 0 saturated carbocycles. The molecule has 2 aliphatic rings. The lowest BCUT2D eigenvalue weighted by molar-refractivity contribution is -0.234. The van der Waals surface area contributed by atoms with Crippen LogP contribution < -0.4 is 0 Å². The number of hydrogen-bond donors (Lipinski definition) is 4. The van der Waals surface area contributed by atoms with Gasteiger partial charge in [-0.25, -0.2) is 0 Å². The van der Waals surface area contributed by atoms with Gasteiger partial charge in [-0.2, -0.15) is 13.2 Å². The van der Waals surface area contributed by atoms with Gasteiger partial charge < -0.3 is 39.4 Å². The molecule has 0 aromatic heterocycles. The van der Waals surface area contributed by atoms with Crippen LogP contribution in [0.4, 0.5) is 13.2 Å². The van der Waals surface area contributed by atoms with Gasteiger partial charge in [0, 0.05) is 38.9 Å². The molecule has 2 saturated heterocycles. The lowest BCUT2D eigenvalue weighted by Gasteiger charge is -2.25. The highest BCUT2D eigenvalue weighted by Gasteiger charge is 2.47. The van der Waals surface area contributed by atoms with Crippen LogP contribution in [0, 0.1) is 11.8 Å². The first kappa shape index (κ1) is 34.5. The fraction of sp³-hybridized carbons (Fsp3) is 1.00. The van der Waals surface area contributed by atoms with E-state index in [1.165, 1.54) is 7.11 Å². The highest BCUT2D eigenvalue weighted by molar-refractivity contribution is 4.92. The Labute approximate surface area is 207 Å². The summed E-state index contributed by atoms with van der Waals surface area (Å²) in [4.78, 5) is 0. The molecule has 0 aromatic rings. The van der Waals surface area contributed by atoms with Crippen LogP contribution in [0.3, 0.4) is 0 Å². The van der Waals surface area contributed by atoms with E-state index < -0.39 is 30.6 Å². The molecule has 35 heavy (non-hydrogen) atoms. The third-order valence-corrected chi connectivity index (χ3v) is 6.88. The van der Waals surface area contributed by atoms with Gasteiger partial charge in [-0.05, 0) is 12.8 Å². The SMILES string of the molecule is C.CCC1OC(CC(O)C(O)C(F)(F)F)C(OC)C1C.CCC1OC(CC(O)CO)C(OC)C1C. The van der Waals surface area contributed by atoms with Crippen molar-refractivity contribution in [1.29, 1.82) is 0 Å². The minimum atomic E-state index is -4.84. The Bertz CT molecular complexity index is 565. The van der Waals surface area contributed by atoms with Gasteiger partial charge in [0.1, 0.15) is 0 Å². The molecule has 4 N–H and O–H groups in total. The van der Waals surface area contributed by atoms with Gasteiger partial charge in [0.2, 0.25) is 0 Å². The lowest BCUT2D eigenvalue weighted by Crippen LogP contribution is -2.43. The summed E-state index contributed by atoms with van der Waals surface area (Å²) in [6.07, 6.45) is -9.42. The van der Waals surface area contributed by atoms with Crippen LogP contribution in [0.25, 0.3) is 0 Å². The Balaban J connectivity index is 0.000000659. The highest BCUT2D eigenvalue weighted by Crippen LogP contribution is 2.35. The summed E-state index contributed by atoms with van der Waals surface area (Å²) in [7, 11) is 3.13. The smallest absolute Gasteiger partial charge is 0.394 e. The van der Waals surface area contributed by atoms with Crippen molar-refractivity contribution in [2.45, 2.75) is 122 Å². The van der Waals surface area contributed by atoms with E-state index in [-0.39, 0.29) is 56.9 Å². The van der Waals surface area contributed by atoms with Crippen LogP contribution in [0.2, 0.25) is 0 Å². The van der Waals surface area contributed by atoms with Gasteiger partial charge in [-0.3, -0.25) is 0 Å². The molecule has 11 atom stereocenters. The first-order valence-corrected chi connectivity index (χ1v) is 11.9. The van der Waals surface area contributed by atoms with Crippen molar-refractivity contribution < 1.29 is 52.5 Å². The summed E-state index contributed by atoms with van der Waals surface area (Å²) in [5, 5.41) is 36.6. The summed E-state index contributed by atoms with van der Waals surface area (Å²) in [5.74, 6) is 0.381. The molecule has 0 bridgehead atoms. The van der Waals surface area contributed by atoms with Crippen molar-refractivity contribution in [3.8, 4) is 0 Å². The number of aliphatic hydroxyl groups excluding tert-OH is 4. The van der Waals surface area contributed by atoms with Crippen LogP contribution in [0.5, 0.6) is 0 Å². The van der Waals surface area contributed by atoms with Crippen LogP contribution in [0.1, 0.15) is 60.8 Å². The van der Waals surface area contributed by atoms with Crippen LogP contribution >= 0.6 is 0 Å². The first-order chi connectivity index (χ1) is 15.9. The standard InChI is InChI=1S/C12H21F3O4.C11H22O4.CH4/c1-4-8-6(2)10(18-3)9(19-8)5-7(16)11(17)12(13,14)15;1-4-9-7(2)11(14-3)10(15-9)5-8(13)6-12;/h6-11,16-17H,4-5H2,1-3H3;7-13H,4-6H2,1-3H3;1H4. The molecule has 0 amide bonds. The number of ether oxygens (including phenoxy) is 4. The number of alkyl halides is 3. The predicted octanol–water partition coefficient (Wildman–Crippen LogP) is 2.68. The van der Waals surface area contributed by atoms with Gasteiger partial charge in [0.25, 0.3) is 0 Å². The summed E-state index contributed by atoms with van der Waals surface area (Å²) in [5.41, 5.74) is 0. The number of hydrogen-bond acceptors (Lipinski definition) is 8. The molecule has 0 radical (unpaired) electrons. The van der Waals surface area contributed by atoms with E-state index in [0.717, 1.165) is 12.8 Å². The zero-order chi connectivity index (χ0) is 26.2. The maximum absolute atomic E-state index is 12.3. The summed E-state index contributed by atoms with van der Waals surface area (Å²) in [6.45, 7) is 7.78. The molecule has 11 heteroatoms. The molecule has 2 heterocycles. The average Bonchev–Trinajstić information content (AvgIpc) is 3.26. The number of halogens is 3. The average molecular weight is 521 g/mol. The fourth-order valence-electron chi connectivity index (χ4n) is 4.93. The summed E-state index contributed by atoms with van der Waals surface area (Å²) >= 11 is 0. The van der Waals surface area contributed by atoms with Gasteiger partial charge >= 0.3 is 6.18 Å². The number of aliphatic hydroxyl groups is 4. The molecule has 0 aromatic carbocycles. The molecule has 8 nitrogen and oxygen atoms in total. The van der Waals surface area contributed by atoms with E-state index in [9.17, 15) is 23.4 Å². The van der Waals surface area contributed by atoms with Crippen molar-refractivity contribution in [3.63, 3.8) is 0 Å². The maximum Gasteiger partial charge on any atom is 0.416 e. The lowest BCUT2D eigenvalue weighted by atomic mass is 9.93. The highest BCUT2D eigenvalue weighted by atomic mass is 19.4. The molecular formula is C24H47F3O8. The first-order valence-electron chi connectivity index (χ1n) is 11.9. The topological polar surface area (TPSA) is 118 Å². The molecule has 11 unspecified atom stereocenters. The minimum Gasteiger partial charge on any atom is -0.394 e. The summed E-state index contributed by atoms with van der Waals surface area (Å²) in [6, 6.07) is 0. The van der Waals surface area contributed by atoms with Crippen LogP contribution in [-0.4, -0.2) is 102 Å². The van der Waals surface area contributed by atoms with E-state index >= 15 is 0 Å². The monoisotopic (exact) mass is 520 g/mol. The molecule has 0 aliphatic carbocycles. The third-order valence-electron chi connectivity index (χ3n) is 6.88. The third kappa shape index (κ3) is 9.37. The predicted molar refractivity (Wildman–Crippen MR) is 125 cm³/mol. The Morgan fingerprint density at radius 3 is 1.51 bits per heavy atom. The van der Waals surface area contributed by atoms with Crippen molar-refractivity contribution in [2.75, 3.05) is 20.8 Å². The second-order valence-corrected chi connectivity index (χ2v) is 9.22. The maximum atomic E-state index is 12.3. The molecule has 2 fully saturated rings. The Kier molecular flexibility index (Phi) is 15.4. The molecule has 0 spiro atoms. The van der Waals surface area contributed by atoms with Gasteiger partial charge in [0.05, 0.1) is 55.4 Å². The fourth-order valence-corrected chi connectivity index (χ4v) is 4.93. The van der Waals surface area contributed by atoms with Crippen molar-refractivity contribution in [2.24, 2.45) is 11.8 Å². The zero-order valence-corrected chi connectivity index (χ0v) is 20.9. The van der Waals surface area contributed by atoms with E-state index in [0.29, 0.717) is 12.3 Å². The minimum absolute atomic E-state index is 0. The van der Waals surface area contributed by atoms with E-state index in [1.54, 1.807) is 7.11 Å². The van der Waals surface area contributed by atoms with Crippen molar-refractivity contribution >= 4 is 0 Å². The van der Waals surface area contributed by atoms with E-state index in [4.69, 9.17) is 29.2 Å². The Hall–Kier alpha value is -0.530. The van der Waals surface area contributed by atoms with Gasteiger partial charge in [0.15, 0.2) is 6.10 Å². The molecular weight excluding hydrogens is 473 g/mol. The van der Waals surface area contributed by atoms with E-state index in [2.05, 4.69) is 13.8 Å². The van der Waals surface area contributed by atoms with Crippen LogP contribution in [-0.2, 0) is 18.9 Å². The van der Waals surface area contributed by atoms with Crippen LogP contribution in [0.15, 0.2) is 0 Å².